The number of carbonyl (C=O) groups excluding carboxylic acids is 1. The smallest absolute Gasteiger partial charge is 0.399 e. The van der Waals surface area contributed by atoms with Gasteiger partial charge in [0.1, 0.15) is 5.82 Å². The lowest BCUT2D eigenvalue weighted by atomic mass is 9.73. The fraction of sp³-hybridized carbons (Fsp3) is 0.381. The van der Waals surface area contributed by atoms with Crippen molar-refractivity contribution in [2.75, 3.05) is 0 Å². The minimum Gasteiger partial charge on any atom is -0.399 e. The molecule has 2 aromatic carbocycles. The van der Waals surface area contributed by atoms with Crippen LogP contribution in [0.1, 0.15) is 62.1 Å². The topological polar surface area (TPSA) is 84.9 Å². The molecule has 166 valence electrons. The highest BCUT2D eigenvalue weighted by Crippen LogP contribution is 2.37. The zero-order chi connectivity index (χ0) is 23.1. The van der Waals surface area contributed by atoms with Gasteiger partial charge in [-0.05, 0) is 76.0 Å². The molecule has 0 bridgehead atoms. The average molecular weight is 468 g/mol. The Morgan fingerprint density at radius 3 is 2.23 bits per heavy atom. The highest BCUT2D eigenvalue weighted by molar-refractivity contribution is 7.77. The Kier molecular flexibility index (Phi) is 6.77. The van der Waals surface area contributed by atoms with Crippen molar-refractivity contribution in [1.29, 1.82) is 0 Å². The molecule has 0 aromatic heterocycles. The average Bonchev–Trinajstić information content (AvgIpc) is 2.88. The molecule has 2 unspecified atom stereocenters. The van der Waals surface area contributed by atoms with E-state index in [-0.39, 0.29) is 21.9 Å². The molecule has 10 heteroatoms. The minimum atomic E-state index is -2.26. The third-order valence-corrected chi connectivity index (χ3v) is 6.65. The van der Waals surface area contributed by atoms with E-state index in [2.05, 4.69) is 4.72 Å². The number of carbonyl (C=O) groups is 1. The predicted octanol–water partition coefficient (Wildman–Crippen LogP) is 3.80. The maximum absolute atomic E-state index is 13.3. The molecule has 31 heavy (non-hydrogen) atoms. The van der Waals surface area contributed by atoms with Crippen LogP contribution in [0, 0.1) is 5.82 Å². The van der Waals surface area contributed by atoms with Crippen LogP contribution >= 0.6 is 11.6 Å². The second-order valence-corrected chi connectivity index (χ2v) is 9.62. The van der Waals surface area contributed by atoms with E-state index in [1.807, 2.05) is 27.7 Å². The van der Waals surface area contributed by atoms with Crippen molar-refractivity contribution in [1.82, 2.24) is 4.72 Å². The Morgan fingerprint density at radius 2 is 1.71 bits per heavy atom. The molecule has 0 amide bonds. The number of nitrogens with one attached hydrogen (secondary N) is 1. The van der Waals surface area contributed by atoms with Crippen LogP contribution in [0.25, 0.3) is 0 Å². The first kappa shape index (κ1) is 24.0. The number of hydrogen-bond donors (Lipinski definition) is 2. The first-order chi connectivity index (χ1) is 14.3. The van der Waals surface area contributed by atoms with Crippen molar-refractivity contribution in [3.63, 3.8) is 0 Å². The number of rotatable bonds is 6. The monoisotopic (exact) mass is 467 g/mol. The van der Waals surface area contributed by atoms with E-state index in [1.165, 1.54) is 30.3 Å². The fourth-order valence-corrected chi connectivity index (χ4v) is 4.03. The Bertz CT molecular complexity index is 1020. The van der Waals surface area contributed by atoms with Crippen LogP contribution in [-0.2, 0) is 20.6 Å². The molecule has 0 spiro atoms. The summed E-state index contributed by atoms with van der Waals surface area (Å²) in [4.78, 5) is 13.3. The quantitative estimate of drug-likeness (QED) is 0.383. The van der Waals surface area contributed by atoms with Crippen molar-refractivity contribution in [2.24, 2.45) is 0 Å². The molecule has 1 fully saturated rings. The predicted molar refractivity (Wildman–Crippen MR) is 119 cm³/mol. The van der Waals surface area contributed by atoms with Crippen LogP contribution < -0.4 is 10.2 Å². The van der Waals surface area contributed by atoms with Gasteiger partial charge in [-0.15, -0.1) is 0 Å². The molecule has 2 aromatic rings. The molecule has 0 aliphatic carbocycles. The normalized spacial score (nSPS) is 19.3. The SMILES string of the molecule is CC(NS(=O)O)c1cc(B2OC(C)(C)C(C)(C)O2)c(C(=O)c2ccc(F)cc2)cc1Cl. The summed E-state index contributed by atoms with van der Waals surface area (Å²) in [5.41, 5.74) is 0.171. The molecule has 2 N–H and O–H groups in total. The van der Waals surface area contributed by atoms with Crippen molar-refractivity contribution < 1.29 is 27.3 Å². The van der Waals surface area contributed by atoms with Gasteiger partial charge in [-0.1, -0.05) is 17.7 Å². The number of hydrogen-bond acceptors (Lipinski definition) is 4. The van der Waals surface area contributed by atoms with Crippen molar-refractivity contribution in [2.45, 2.75) is 51.9 Å². The van der Waals surface area contributed by atoms with Crippen LogP contribution in [0.2, 0.25) is 5.02 Å². The molecule has 0 saturated carbocycles. The highest BCUT2D eigenvalue weighted by atomic mass is 35.5. The van der Waals surface area contributed by atoms with Gasteiger partial charge in [0.25, 0.3) is 0 Å². The maximum Gasteiger partial charge on any atom is 0.495 e. The van der Waals surface area contributed by atoms with E-state index < -0.39 is 41.4 Å². The summed E-state index contributed by atoms with van der Waals surface area (Å²) in [5, 5.41) is 0.233. The fourth-order valence-electron chi connectivity index (χ4n) is 3.27. The Labute approximate surface area is 189 Å². The van der Waals surface area contributed by atoms with E-state index in [1.54, 1.807) is 13.0 Å². The summed E-state index contributed by atoms with van der Waals surface area (Å²) < 4.78 is 48.5. The molecular weight excluding hydrogens is 444 g/mol. The second kappa shape index (κ2) is 8.73. The Balaban J connectivity index is 2.13. The van der Waals surface area contributed by atoms with Gasteiger partial charge >= 0.3 is 7.12 Å². The van der Waals surface area contributed by atoms with E-state index >= 15 is 0 Å². The van der Waals surface area contributed by atoms with Crippen LogP contribution in [0.15, 0.2) is 36.4 Å². The number of benzene rings is 2. The third kappa shape index (κ3) is 4.92. The zero-order valence-electron chi connectivity index (χ0n) is 17.9. The largest absolute Gasteiger partial charge is 0.495 e. The molecule has 6 nitrogen and oxygen atoms in total. The molecule has 0 radical (unpaired) electrons. The third-order valence-electron chi connectivity index (χ3n) is 5.77. The van der Waals surface area contributed by atoms with Crippen LogP contribution in [0.5, 0.6) is 0 Å². The first-order valence-electron chi connectivity index (χ1n) is 9.68. The molecule has 1 aliphatic rings. The second-order valence-electron chi connectivity index (χ2n) is 8.47. The van der Waals surface area contributed by atoms with E-state index in [9.17, 15) is 17.9 Å². The summed E-state index contributed by atoms with van der Waals surface area (Å²) in [7, 11) is -0.868. The van der Waals surface area contributed by atoms with Gasteiger partial charge in [0.2, 0.25) is 11.3 Å². The maximum atomic E-state index is 13.3. The van der Waals surface area contributed by atoms with Crippen molar-refractivity contribution in [3.8, 4) is 0 Å². The van der Waals surface area contributed by atoms with E-state index in [4.69, 9.17) is 20.9 Å². The molecule has 3 rings (SSSR count). The standard InChI is InChI=1S/C21H24BClFNO5S/c1-12(25-31(27)28)15-10-17(22-29-20(2,3)21(4,5)30-22)16(11-18(15)23)19(26)13-6-8-14(24)9-7-13/h6-12,25H,1-5H3,(H,27,28). The van der Waals surface area contributed by atoms with Gasteiger partial charge in [0.15, 0.2) is 5.78 Å². The molecular formula is C21H24BClFNO5S. The number of halogens is 2. The lowest BCUT2D eigenvalue weighted by molar-refractivity contribution is 0.00578. The van der Waals surface area contributed by atoms with Gasteiger partial charge in [0.05, 0.1) is 11.2 Å². The van der Waals surface area contributed by atoms with Crippen molar-refractivity contribution in [3.05, 3.63) is 63.9 Å². The molecule has 2 atom stereocenters. The van der Waals surface area contributed by atoms with Gasteiger partial charge in [-0.3, -0.25) is 9.35 Å². The number of ketones is 1. The van der Waals surface area contributed by atoms with Crippen LogP contribution in [0.4, 0.5) is 4.39 Å². The lowest BCUT2D eigenvalue weighted by Crippen LogP contribution is -2.41. The van der Waals surface area contributed by atoms with E-state index in [0.29, 0.717) is 11.0 Å². The Hall–Kier alpha value is -1.62. The molecule has 1 heterocycles. The van der Waals surface area contributed by atoms with Crippen molar-refractivity contribution >= 4 is 41.2 Å². The molecule has 1 saturated heterocycles. The Morgan fingerprint density at radius 1 is 1.16 bits per heavy atom. The summed E-state index contributed by atoms with van der Waals surface area (Å²) in [6, 6.07) is 7.75. The van der Waals surface area contributed by atoms with Gasteiger partial charge in [-0.2, -0.15) is 0 Å². The molecule has 1 aliphatic heterocycles. The summed E-state index contributed by atoms with van der Waals surface area (Å²) in [6.45, 7) is 9.24. The summed E-state index contributed by atoms with van der Waals surface area (Å²) >= 11 is 4.18. The van der Waals surface area contributed by atoms with Gasteiger partial charge < -0.3 is 9.31 Å². The van der Waals surface area contributed by atoms with E-state index in [0.717, 1.165) is 0 Å². The minimum absolute atomic E-state index is 0.233. The van der Waals surface area contributed by atoms with Gasteiger partial charge in [-0.25, -0.2) is 13.3 Å². The van der Waals surface area contributed by atoms with Crippen LogP contribution in [-0.4, -0.2) is 32.9 Å². The van der Waals surface area contributed by atoms with Gasteiger partial charge in [0, 0.05) is 22.2 Å². The lowest BCUT2D eigenvalue weighted by Gasteiger charge is -2.32. The summed E-state index contributed by atoms with van der Waals surface area (Å²) in [5.74, 6) is -0.822. The zero-order valence-corrected chi connectivity index (χ0v) is 19.4. The summed E-state index contributed by atoms with van der Waals surface area (Å²) in [6.07, 6.45) is 0. The highest BCUT2D eigenvalue weighted by Gasteiger charge is 2.52. The first-order valence-corrected chi connectivity index (χ1v) is 11.2. The van der Waals surface area contributed by atoms with Crippen LogP contribution in [0.3, 0.4) is 0 Å².